The van der Waals surface area contributed by atoms with Gasteiger partial charge in [-0.2, -0.15) is 18.3 Å². The second-order valence-electron chi connectivity index (χ2n) is 6.26. The highest BCUT2D eigenvalue weighted by Gasteiger charge is 2.36. The van der Waals surface area contributed by atoms with E-state index in [0.717, 1.165) is 6.20 Å². The van der Waals surface area contributed by atoms with E-state index in [4.69, 9.17) is 11.6 Å². The number of pyridine rings is 1. The lowest BCUT2D eigenvalue weighted by molar-refractivity contribution is -0.141. The first kappa shape index (κ1) is 18.7. The molecule has 0 aliphatic heterocycles. The Morgan fingerprint density at radius 1 is 1.42 bits per heavy atom. The summed E-state index contributed by atoms with van der Waals surface area (Å²) in [6, 6.07) is 1.83. The van der Waals surface area contributed by atoms with Gasteiger partial charge in [0.05, 0.1) is 22.7 Å². The number of nitrogens with zero attached hydrogens (tertiary/aromatic N) is 3. The molecular formula is C16H16ClF3N4O2. The zero-order valence-electron chi connectivity index (χ0n) is 13.4. The van der Waals surface area contributed by atoms with E-state index < -0.39 is 29.9 Å². The minimum absolute atomic E-state index is 0.0915. The number of carbonyl (C=O) groups excluding carboxylic acids is 1. The summed E-state index contributed by atoms with van der Waals surface area (Å²) in [5.41, 5.74) is -1.52. The van der Waals surface area contributed by atoms with E-state index >= 15 is 0 Å². The minimum atomic E-state index is -4.68. The topological polar surface area (TPSA) is 80.0 Å². The molecule has 0 radical (unpaired) electrons. The molecular weight excluding hydrogens is 373 g/mol. The summed E-state index contributed by atoms with van der Waals surface area (Å²) in [5, 5.41) is 16.7. The molecule has 1 aliphatic carbocycles. The van der Waals surface area contributed by atoms with E-state index in [0.29, 0.717) is 25.5 Å². The number of aliphatic hydroxyl groups excluding tert-OH is 1. The first-order chi connectivity index (χ1) is 12.2. The number of carbonyl (C=O) groups is 1. The molecule has 6 nitrogen and oxygen atoms in total. The Kier molecular flexibility index (Phi) is 5.19. The molecule has 1 amide bonds. The SMILES string of the molecule is O=C(N[C@@H]1CC(Cn2cccn2)C[C@H]1O)c1cc(C(F)(F)F)ncc1Cl. The van der Waals surface area contributed by atoms with Crippen LogP contribution in [0.3, 0.4) is 0 Å². The van der Waals surface area contributed by atoms with Gasteiger partial charge in [-0.3, -0.25) is 14.5 Å². The van der Waals surface area contributed by atoms with Crippen LogP contribution in [0.5, 0.6) is 0 Å². The van der Waals surface area contributed by atoms with Crippen LogP contribution in [0.2, 0.25) is 5.02 Å². The molecule has 0 spiro atoms. The predicted octanol–water partition coefficient (Wildman–Crippen LogP) is 2.52. The standard InChI is InChI=1S/C16H16ClF3N4O2/c17-11-7-21-14(16(18,19)20)6-10(11)15(26)23-12-4-9(5-13(12)25)8-24-3-1-2-22-24/h1-3,6-7,9,12-13,25H,4-5,8H2,(H,23,26)/t9?,12-,13-/m1/s1. The Hall–Kier alpha value is -2.13. The first-order valence-corrected chi connectivity index (χ1v) is 8.31. The number of nitrogens with one attached hydrogen (secondary N) is 1. The molecule has 2 aromatic heterocycles. The maximum atomic E-state index is 12.8. The van der Waals surface area contributed by atoms with Gasteiger partial charge in [-0.05, 0) is 30.9 Å². The van der Waals surface area contributed by atoms with Crippen LogP contribution in [-0.2, 0) is 12.7 Å². The van der Waals surface area contributed by atoms with Crippen molar-refractivity contribution in [1.29, 1.82) is 0 Å². The van der Waals surface area contributed by atoms with Crippen molar-refractivity contribution in [3.05, 3.63) is 47.0 Å². The van der Waals surface area contributed by atoms with Gasteiger partial charge in [-0.25, -0.2) is 0 Å². The summed E-state index contributed by atoms with van der Waals surface area (Å²) in [6.07, 6.45) is -0.277. The number of aromatic nitrogens is 3. The molecule has 140 valence electrons. The van der Waals surface area contributed by atoms with Crippen LogP contribution in [0.1, 0.15) is 28.9 Å². The monoisotopic (exact) mass is 388 g/mol. The molecule has 2 aromatic rings. The van der Waals surface area contributed by atoms with E-state index in [2.05, 4.69) is 15.4 Å². The summed E-state index contributed by atoms with van der Waals surface area (Å²) in [6.45, 7) is 0.588. The van der Waals surface area contributed by atoms with Crippen LogP contribution in [0.15, 0.2) is 30.7 Å². The highest BCUT2D eigenvalue weighted by Crippen LogP contribution is 2.31. The fourth-order valence-corrected chi connectivity index (χ4v) is 3.30. The maximum absolute atomic E-state index is 12.8. The smallest absolute Gasteiger partial charge is 0.391 e. The Morgan fingerprint density at radius 3 is 2.85 bits per heavy atom. The lowest BCUT2D eigenvalue weighted by Crippen LogP contribution is -2.40. The van der Waals surface area contributed by atoms with Crippen molar-refractivity contribution in [1.82, 2.24) is 20.1 Å². The van der Waals surface area contributed by atoms with Crippen LogP contribution in [0.25, 0.3) is 0 Å². The van der Waals surface area contributed by atoms with E-state index in [1.807, 2.05) is 0 Å². The number of rotatable bonds is 4. The minimum Gasteiger partial charge on any atom is -0.391 e. The van der Waals surface area contributed by atoms with Crippen molar-refractivity contribution in [2.75, 3.05) is 0 Å². The summed E-state index contributed by atoms with van der Waals surface area (Å²) in [5.74, 6) is -0.680. The predicted molar refractivity (Wildman–Crippen MR) is 86.5 cm³/mol. The fraction of sp³-hybridized carbons (Fsp3) is 0.438. The van der Waals surface area contributed by atoms with Crippen LogP contribution >= 0.6 is 11.6 Å². The molecule has 0 aromatic carbocycles. The highest BCUT2D eigenvalue weighted by atomic mass is 35.5. The van der Waals surface area contributed by atoms with Gasteiger partial charge in [-0.1, -0.05) is 11.6 Å². The largest absolute Gasteiger partial charge is 0.433 e. The molecule has 2 heterocycles. The molecule has 10 heteroatoms. The van der Waals surface area contributed by atoms with E-state index in [1.165, 1.54) is 0 Å². The van der Waals surface area contributed by atoms with E-state index in [9.17, 15) is 23.1 Å². The van der Waals surface area contributed by atoms with Crippen molar-refractivity contribution in [2.45, 2.75) is 37.7 Å². The third kappa shape index (κ3) is 4.16. The molecule has 1 aliphatic rings. The lowest BCUT2D eigenvalue weighted by atomic mass is 10.1. The van der Waals surface area contributed by atoms with Gasteiger partial charge in [0.1, 0.15) is 5.69 Å². The molecule has 1 saturated carbocycles. The molecule has 0 saturated heterocycles. The summed E-state index contributed by atoms with van der Waals surface area (Å²) in [7, 11) is 0. The molecule has 1 fully saturated rings. The number of aliphatic hydroxyl groups is 1. The Bertz CT molecular complexity index is 782. The second kappa shape index (κ2) is 7.24. The number of hydrogen-bond donors (Lipinski definition) is 2. The quantitative estimate of drug-likeness (QED) is 0.843. The maximum Gasteiger partial charge on any atom is 0.433 e. The molecule has 26 heavy (non-hydrogen) atoms. The summed E-state index contributed by atoms with van der Waals surface area (Å²) < 4.78 is 40.1. The highest BCUT2D eigenvalue weighted by molar-refractivity contribution is 6.33. The molecule has 3 atom stereocenters. The van der Waals surface area contributed by atoms with E-state index in [1.54, 1.807) is 23.1 Å². The molecule has 0 bridgehead atoms. The number of halogens is 4. The van der Waals surface area contributed by atoms with Gasteiger partial charge in [0.15, 0.2) is 0 Å². The Balaban J connectivity index is 1.68. The van der Waals surface area contributed by atoms with Gasteiger partial charge in [0.2, 0.25) is 0 Å². The van der Waals surface area contributed by atoms with Gasteiger partial charge in [-0.15, -0.1) is 0 Å². The molecule has 2 N–H and O–H groups in total. The van der Waals surface area contributed by atoms with Gasteiger partial charge >= 0.3 is 6.18 Å². The van der Waals surface area contributed by atoms with Gasteiger partial charge in [0, 0.05) is 25.1 Å². The van der Waals surface area contributed by atoms with Crippen LogP contribution in [-0.4, -0.2) is 37.9 Å². The van der Waals surface area contributed by atoms with Crippen LogP contribution in [0, 0.1) is 5.92 Å². The summed E-state index contributed by atoms with van der Waals surface area (Å²) >= 11 is 5.82. The number of alkyl halides is 3. The normalized spacial score (nSPS) is 23.2. The average molecular weight is 389 g/mol. The Morgan fingerprint density at radius 2 is 2.19 bits per heavy atom. The van der Waals surface area contributed by atoms with Crippen molar-refractivity contribution in [3.8, 4) is 0 Å². The van der Waals surface area contributed by atoms with E-state index in [-0.39, 0.29) is 16.5 Å². The third-order valence-electron chi connectivity index (χ3n) is 4.34. The van der Waals surface area contributed by atoms with Crippen molar-refractivity contribution in [2.24, 2.45) is 5.92 Å². The first-order valence-electron chi connectivity index (χ1n) is 7.93. The van der Waals surface area contributed by atoms with Crippen LogP contribution < -0.4 is 5.32 Å². The lowest BCUT2D eigenvalue weighted by Gasteiger charge is -2.17. The average Bonchev–Trinajstić information content (AvgIpc) is 3.17. The van der Waals surface area contributed by atoms with Gasteiger partial charge < -0.3 is 10.4 Å². The molecule has 3 rings (SSSR count). The van der Waals surface area contributed by atoms with Crippen molar-refractivity contribution in [3.63, 3.8) is 0 Å². The zero-order chi connectivity index (χ0) is 18.9. The number of hydrogen-bond acceptors (Lipinski definition) is 4. The zero-order valence-corrected chi connectivity index (χ0v) is 14.2. The second-order valence-corrected chi connectivity index (χ2v) is 6.67. The van der Waals surface area contributed by atoms with Crippen molar-refractivity contribution >= 4 is 17.5 Å². The Labute approximate surface area is 152 Å². The number of amides is 1. The summed E-state index contributed by atoms with van der Waals surface area (Å²) in [4.78, 5) is 15.5. The van der Waals surface area contributed by atoms with Crippen LogP contribution in [0.4, 0.5) is 13.2 Å². The fourth-order valence-electron chi connectivity index (χ4n) is 3.11. The third-order valence-corrected chi connectivity index (χ3v) is 4.64. The van der Waals surface area contributed by atoms with Gasteiger partial charge in [0.25, 0.3) is 5.91 Å². The van der Waals surface area contributed by atoms with Crippen molar-refractivity contribution < 1.29 is 23.1 Å². The molecule has 1 unspecified atom stereocenters.